The lowest BCUT2D eigenvalue weighted by Crippen LogP contribution is -2.36. The molecular weight excluding hydrogens is 290 g/mol. The van der Waals surface area contributed by atoms with Gasteiger partial charge in [0.2, 0.25) is 5.91 Å². The summed E-state index contributed by atoms with van der Waals surface area (Å²) in [7, 11) is 0. The minimum atomic E-state index is 0.0460. The largest absolute Gasteiger partial charge is 0.349 e. The predicted octanol–water partition coefficient (Wildman–Crippen LogP) is 1.46. The third-order valence-corrected chi connectivity index (χ3v) is 4.20. The second kappa shape index (κ2) is 6.91. The Hall–Kier alpha value is -2.21. The summed E-state index contributed by atoms with van der Waals surface area (Å²) in [4.78, 5) is 18.5. The third-order valence-electron chi connectivity index (χ3n) is 4.20. The van der Waals surface area contributed by atoms with E-state index < -0.39 is 0 Å². The first kappa shape index (κ1) is 15.7. The molecule has 1 saturated heterocycles. The summed E-state index contributed by atoms with van der Waals surface area (Å²) in [5.41, 5.74) is 3.12. The van der Waals surface area contributed by atoms with E-state index in [0.717, 1.165) is 30.9 Å². The standard InChI is InChI=1S/C17H23N5O/c1-13-9-14(2)22(20-13)16-6-8-21(11-16)12-17(23)19-10-15-5-3-4-7-18-15/h3-5,7,9,16H,6,8,10-12H2,1-2H3,(H,19,23). The summed E-state index contributed by atoms with van der Waals surface area (Å²) < 4.78 is 2.10. The van der Waals surface area contributed by atoms with Crippen LogP contribution >= 0.6 is 0 Å². The van der Waals surface area contributed by atoms with Crippen molar-refractivity contribution in [2.45, 2.75) is 32.9 Å². The van der Waals surface area contributed by atoms with E-state index >= 15 is 0 Å². The van der Waals surface area contributed by atoms with Crippen LogP contribution in [0.2, 0.25) is 0 Å². The molecule has 1 aliphatic heterocycles. The monoisotopic (exact) mass is 313 g/mol. The van der Waals surface area contributed by atoms with E-state index in [-0.39, 0.29) is 5.91 Å². The Kier molecular flexibility index (Phi) is 4.71. The zero-order chi connectivity index (χ0) is 16.2. The molecule has 0 radical (unpaired) electrons. The number of rotatable bonds is 5. The SMILES string of the molecule is Cc1cc(C)n(C2CCN(CC(=O)NCc3ccccn3)C2)n1. The topological polar surface area (TPSA) is 63.1 Å². The number of likely N-dealkylation sites (tertiary alicyclic amines) is 1. The van der Waals surface area contributed by atoms with Gasteiger partial charge >= 0.3 is 0 Å². The van der Waals surface area contributed by atoms with Gasteiger partial charge in [-0.3, -0.25) is 19.4 Å². The maximum Gasteiger partial charge on any atom is 0.234 e. The molecule has 2 aromatic rings. The van der Waals surface area contributed by atoms with Gasteiger partial charge in [-0.25, -0.2) is 0 Å². The van der Waals surface area contributed by atoms with Gasteiger partial charge in [-0.2, -0.15) is 5.10 Å². The second-order valence-electron chi connectivity index (χ2n) is 6.15. The number of carbonyl (C=O) groups is 1. The van der Waals surface area contributed by atoms with E-state index in [2.05, 4.69) is 38.0 Å². The van der Waals surface area contributed by atoms with Crippen LogP contribution in [-0.2, 0) is 11.3 Å². The molecule has 1 fully saturated rings. The van der Waals surface area contributed by atoms with Crippen molar-refractivity contribution in [3.63, 3.8) is 0 Å². The van der Waals surface area contributed by atoms with E-state index in [9.17, 15) is 4.79 Å². The zero-order valence-corrected chi connectivity index (χ0v) is 13.7. The predicted molar refractivity (Wildman–Crippen MR) is 87.9 cm³/mol. The molecule has 2 aromatic heterocycles. The van der Waals surface area contributed by atoms with Gasteiger partial charge in [0.25, 0.3) is 0 Å². The summed E-state index contributed by atoms with van der Waals surface area (Å²) >= 11 is 0. The number of hydrogen-bond acceptors (Lipinski definition) is 4. The van der Waals surface area contributed by atoms with E-state index in [1.165, 1.54) is 5.69 Å². The van der Waals surface area contributed by atoms with Gasteiger partial charge in [-0.05, 0) is 38.5 Å². The van der Waals surface area contributed by atoms with Crippen LogP contribution in [0.15, 0.2) is 30.5 Å². The number of nitrogens with one attached hydrogen (secondary N) is 1. The number of aryl methyl sites for hydroxylation is 2. The smallest absolute Gasteiger partial charge is 0.234 e. The highest BCUT2D eigenvalue weighted by molar-refractivity contribution is 5.78. The Morgan fingerprint density at radius 1 is 1.39 bits per heavy atom. The van der Waals surface area contributed by atoms with Crippen LogP contribution in [0, 0.1) is 13.8 Å². The molecule has 3 rings (SSSR count). The van der Waals surface area contributed by atoms with Crippen LogP contribution in [-0.4, -0.2) is 45.2 Å². The number of nitrogens with zero attached hydrogens (tertiary/aromatic N) is 4. The maximum absolute atomic E-state index is 12.1. The number of hydrogen-bond donors (Lipinski definition) is 1. The molecule has 1 amide bonds. The van der Waals surface area contributed by atoms with E-state index in [1.54, 1.807) is 6.20 Å². The summed E-state index contributed by atoms with van der Waals surface area (Å²) in [5.74, 6) is 0.0460. The first-order valence-electron chi connectivity index (χ1n) is 8.03. The molecule has 0 aliphatic carbocycles. The molecule has 1 N–H and O–H groups in total. The molecule has 0 aromatic carbocycles. The van der Waals surface area contributed by atoms with Crippen LogP contribution in [0.1, 0.15) is 29.5 Å². The quantitative estimate of drug-likeness (QED) is 0.908. The zero-order valence-electron chi connectivity index (χ0n) is 13.7. The van der Waals surface area contributed by atoms with E-state index in [4.69, 9.17) is 0 Å². The first-order chi connectivity index (χ1) is 11.1. The van der Waals surface area contributed by atoms with Gasteiger partial charge in [0.15, 0.2) is 0 Å². The minimum absolute atomic E-state index is 0.0460. The van der Waals surface area contributed by atoms with Crippen molar-refractivity contribution in [1.82, 2.24) is 25.0 Å². The van der Waals surface area contributed by atoms with Crippen molar-refractivity contribution in [1.29, 1.82) is 0 Å². The highest BCUT2D eigenvalue weighted by atomic mass is 16.2. The Morgan fingerprint density at radius 2 is 2.26 bits per heavy atom. The summed E-state index contributed by atoms with van der Waals surface area (Å²) in [6.07, 6.45) is 2.77. The average Bonchev–Trinajstić information content (AvgIpc) is 3.12. The fraction of sp³-hybridized carbons (Fsp3) is 0.471. The molecule has 0 bridgehead atoms. The van der Waals surface area contributed by atoms with Crippen molar-refractivity contribution in [2.24, 2.45) is 0 Å². The van der Waals surface area contributed by atoms with Crippen molar-refractivity contribution in [3.05, 3.63) is 47.5 Å². The lowest BCUT2D eigenvalue weighted by atomic mass is 10.2. The van der Waals surface area contributed by atoms with E-state index in [1.807, 2.05) is 25.1 Å². The Balaban J connectivity index is 1.48. The van der Waals surface area contributed by atoms with Crippen molar-refractivity contribution < 1.29 is 4.79 Å². The van der Waals surface area contributed by atoms with Crippen LogP contribution in [0.3, 0.4) is 0 Å². The average molecular weight is 313 g/mol. The maximum atomic E-state index is 12.1. The number of pyridine rings is 1. The first-order valence-corrected chi connectivity index (χ1v) is 8.03. The van der Waals surface area contributed by atoms with Gasteiger partial charge in [0.1, 0.15) is 0 Å². The molecule has 122 valence electrons. The third kappa shape index (κ3) is 3.96. The normalized spacial score (nSPS) is 18.3. The van der Waals surface area contributed by atoms with Crippen molar-refractivity contribution in [3.8, 4) is 0 Å². The summed E-state index contributed by atoms with van der Waals surface area (Å²) in [5, 5.41) is 7.49. The van der Waals surface area contributed by atoms with Crippen LogP contribution in [0.25, 0.3) is 0 Å². The Labute approximate surface area is 136 Å². The highest BCUT2D eigenvalue weighted by Gasteiger charge is 2.26. The van der Waals surface area contributed by atoms with Gasteiger partial charge in [0.05, 0.1) is 30.5 Å². The minimum Gasteiger partial charge on any atom is -0.349 e. The highest BCUT2D eigenvalue weighted by Crippen LogP contribution is 2.22. The second-order valence-corrected chi connectivity index (χ2v) is 6.15. The molecule has 6 nitrogen and oxygen atoms in total. The van der Waals surface area contributed by atoms with Gasteiger partial charge in [-0.15, -0.1) is 0 Å². The number of amides is 1. The van der Waals surface area contributed by atoms with Gasteiger partial charge in [0, 0.05) is 25.0 Å². The molecular formula is C17H23N5O. The molecule has 3 heterocycles. The fourth-order valence-corrected chi connectivity index (χ4v) is 3.12. The van der Waals surface area contributed by atoms with E-state index in [0.29, 0.717) is 19.1 Å². The lowest BCUT2D eigenvalue weighted by Gasteiger charge is -2.16. The fourth-order valence-electron chi connectivity index (χ4n) is 3.12. The van der Waals surface area contributed by atoms with Crippen molar-refractivity contribution >= 4 is 5.91 Å². The molecule has 0 spiro atoms. The number of carbonyl (C=O) groups excluding carboxylic acids is 1. The molecule has 1 atom stereocenters. The van der Waals surface area contributed by atoms with Crippen LogP contribution in [0.4, 0.5) is 0 Å². The summed E-state index contributed by atoms with van der Waals surface area (Å²) in [6.45, 7) is 6.82. The molecule has 1 unspecified atom stereocenters. The summed E-state index contributed by atoms with van der Waals surface area (Å²) in [6, 6.07) is 8.17. The van der Waals surface area contributed by atoms with Gasteiger partial charge < -0.3 is 5.32 Å². The van der Waals surface area contributed by atoms with Crippen LogP contribution in [0.5, 0.6) is 0 Å². The number of aromatic nitrogens is 3. The van der Waals surface area contributed by atoms with Gasteiger partial charge in [-0.1, -0.05) is 6.07 Å². The molecule has 6 heteroatoms. The van der Waals surface area contributed by atoms with Crippen LogP contribution < -0.4 is 5.32 Å². The van der Waals surface area contributed by atoms with Crippen molar-refractivity contribution in [2.75, 3.05) is 19.6 Å². The lowest BCUT2D eigenvalue weighted by molar-refractivity contribution is -0.122. The molecule has 0 saturated carbocycles. The Bertz CT molecular complexity index is 667. The molecule has 1 aliphatic rings. The Morgan fingerprint density at radius 3 is 2.96 bits per heavy atom. The molecule has 23 heavy (non-hydrogen) atoms.